The van der Waals surface area contributed by atoms with E-state index in [-0.39, 0.29) is 5.91 Å². The Bertz CT molecular complexity index is 802. The van der Waals surface area contributed by atoms with Crippen LogP contribution >= 0.6 is 0 Å². The van der Waals surface area contributed by atoms with Gasteiger partial charge in [0.25, 0.3) is 0 Å². The van der Waals surface area contributed by atoms with Crippen molar-refractivity contribution in [3.8, 4) is 18.1 Å². The summed E-state index contributed by atoms with van der Waals surface area (Å²) in [6.07, 6.45) is 11.1. The molecule has 7 nitrogen and oxygen atoms in total. The lowest BCUT2D eigenvalue weighted by Gasteiger charge is -2.11. The fourth-order valence-corrected chi connectivity index (χ4v) is 2.56. The molecule has 0 atom stereocenters. The number of hydrogen-bond donors (Lipinski definition) is 1. The third-order valence-electron chi connectivity index (χ3n) is 4.07. The smallest absolute Gasteiger partial charge is 0.224 e. The molecule has 1 aromatic heterocycles. The van der Waals surface area contributed by atoms with E-state index < -0.39 is 5.66 Å². The summed E-state index contributed by atoms with van der Waals surface area (Å²) in [6.45, 7) is 1.16. The molecule has 0 saturated carbocycles. The molecular formula is C19H21N5O2. The monoisotopic (exact) mass is 351 g/mol. The van der Waals surface area contributed by atoms with E-state index in [9.17, 15) is 4.79 Å². The van der Waals surface area contributed by atoms with Gasteiger partial charge in [-0.15, -0.1) is 12.3 Å². The number of amides is 1. The number of anilines is 1. The molecule has 0 bridgehead atoms. The highest BCUT2D eigenvalue weighted by Gasteiger charge is 2.39. The summed E-state index contributed by atoms with van der Waals surface area (Å²) in [5.41, 5.74) is 0.273. The molecule has 26 heavy (non-hydrogen) atoms. The van der Waals surface area contributed by atoms with Crippen molar-refractivity contribution in [3.63, 3.8) is 0 Å². The molecule has 0 aliphatic carbocycles. The maximum atomic E-state index is 12.2. The van der Waals surface area contributed by atoms with Gasteiger partial charge in [0.15, 0.2) is 5.66 Å². The number of aromatic nitrogens is 2. The number of rotatable bonds is 10. The molecule has 2 heterocycles. The summed E-state index contributed by atoms with van der Waals surface area (Å²) in [5.74, 6) is 3.21. The molecular weight excluding hydrogens is 330 g/mol. The van der Waals surface area contributed by atoms with Crippen LogP contribution in [0.1, 0.15) is 25.7 Å². The SMILES string of the molecule is C#CCCC1(CCC(=O)Nc2cccc(OCCn3cccn3)c2)N=N1. The fraction of sp³-hybridized carbons (Fsp3) is 0.368. The van der Waals surface area contributed by atoms with Gasteiger partial charge in [0, 0.05) is 49.8 Å². The Morgan fingerprint density at radius 2 is 2.19 bits per heavy atom. The van der Waals surface area contributed by atoms with Gasteiger partial charge in [-0.2, -0.15) is 15.3 Å². The first-order chi connectivity index (χ1) is 12.7. The van der Waals surface area contributed by atoms with Gasteiger partial charge in [0.2, 0.25) is 5.91 Å². The lowest BCUT2D eigenvalue weighted by Crippen LogP contribution is -2.17. The van der Waals surface area contributed by atoms with Gasteiger partial charge >= 0.3 is 0 Å². The highest BCUT2D eigenvalue weighted by atomic mass is 16.5. The van der Waals surface area contributed by atoms with Crippen LogP contribution in [-0.4, -0.2) is 28.0 Å². The average Bonchev–Trinajstić information content (AvgIpc) is 3.23. The number of benzene rings is 1. The zero-order valence-electron chi connectivity index (χ0n) is 14.5. The number of ether oxygens (including phenoxy) is 1. The standard InChI is InChI=1S/C19H21N5O2/c1-2-3-9-19(22-23-19)10-8-18(25)21-16-6-4-7-17(15-16)26-14-13-24-12-5-11-20-24/h1,4-7,11-12,15H,3,8-10,13-14H2,(H,21,25). The summed E-state index contributed by atoms with van der Waals surface area (Å²) >= 11 is 0. The molecule has 0 spiro atoms. The Hall–Kier alpha value is -3.14. The van der Waals surface area contributed by atoms with Crippen molar-refractivity contribution < 1.29 is 9.53 Å². The van der Waals surface area contributed by atoms with Crippen LogP contribution in [-0.2, 0) is 11.3 Å². The van der Waals surface area contributed by atoms with E-state index in [1.54, 1.807) is 16.9 Å². The van der Waals surface area contributed by atoms with Gasteiger partial charge in [-0.05, 0) is 18.2 Å². The van der Waals surface area contributed by atoms with Crippen molar-refractivity contribution in [2.24, 2.45) is 10.2 Å². The summed E-state index contributed by atoms with van der Waals surface area (Å²) < 4.78 is 7.51. The summed E-state index contributed by atoms with van der Waals surface area (Å²) in [4.78, 5) is 12.2. The van der Waals surface area contributed by atoms with Crippen molar-refractivity contribution >= 4 is 11.6 Å². The van der Waals surface area contributed by atoms with E-state index in [1.165, 1.54) is 0 Å². The van der Waals surface area contributed by atoms with Gasteiger partial charge in [0.1, 0.15) is 12.4 Å². The molecule has 1 amide bonds. The van der Waals surface area contributed by atoms with E-state index in [4.69, 9.17) is 11.2 Å². The first-order valence-electron chi connectivity index (χ1n) is 8.57. The Labute approximate surface area is 152 Å². The summed E-state index contributed by atoms with van der Waals surface area (Å²) in [6, 6.07) is 9.21. The van der Waals surface area contributed by atoms with Crippen molar-refractivity contribution in [3.05, 3.63) is 42.7 Å². The number of hydrogen-bond acceptors (Lipinski definition) is 5. The quantitative estimate of drug-likeness (QED) is 0.667. The number of nitrogens with zero attached hydrogens (tertiary/aromatic N) is 4. The molecule has 0 saturated heterocycles. The molecule has 1 aromatic carbocycles. The highest BCUT2D eigenvalue weighted by molar-refractivity contribution is 5.90. The van der Waals surface area contributed by atoms with E-state index in [0.29, 0.717) is 50.3 Å². The molecule has 1 aliphatic heterocycles. The maximum Gasteiger partial charge on any atom is 0.224 e. The molecule has 1 N–H and O–H groups in total. The third-order valence-corrected chi connectivity index (χ3v) is 4.07. The van der Waals surface area contributed by atoms with Crippen LogP contribution in [0.15, 0.2) is 53.0 Å². The number of carbonyl (C=O) groups is 1. The second-order valence-electron chi connectivity index (χ2n) is 6.08. The van der Waals surface area contributed by atoms with E-state index in [2.05, 4.69) is 26.6 Å². The lowest BCUT2D eigenvalue weighted by molar-refractivity contribution is -0.116. The largest absolute Gasteiger partial charge is 0.492 e. The minimum Gasteiger partial charge on any atom is -0.492 e. The topological polar surface area (TPSA) is 80.9 Å². The Balaban J connectivity index is 1.42. The number of nitrogens with one attached hydrogen (secondary N) is 1. The molecule has 0 fully saturated rings. The minimum atomic E-state index is -0.429. The Kier molecular flexibility index (Phi) is 5.64. The normalized spacial score (nSPS) is 13.8. The molecule has 1 aliphatic rings. The van der Waals surface area contributed by atoms with Crippen molar-refractivity contribution in [1.82, 2.24) is 9.78 Å². The van der Waals surface area contributed by atoms with Crippen LogP contribution < -0.4 is 10.1 Å². The molecule has 0 radical (unpaired) electrons. The molecule has 2 aromatic rings. The lowest BCUT2D eigenvalue weighted by atomic mass is 10.0. The first kappa shape index (κ1) is 17.7. The maximum absolute atomic E-state index is 12.2. The summed E-state index contributed by atoms with van der Waals surface area (Å²) in [5, 5.41) is 15.1. The van der Waals surface area contributed by atoms with Crippen molar-refractivity contribution in [2.45, 2.75) is 37.9 Å². The predicted octanol–water partition coefficient (Wildman–Crippen LogP) is 3.26. The van der Waals surface area contributed by atoms with Crippen LogP contribution in [0.4, 0.5) is 5.69 Å². The Morgan fingerprint density at radius 1 is 1.31 bits per heavy atom. The van der Waals surface area contributed by atoms with E-state index in [1.807, 2.05) is 30.5 Å². The van der Waals surface area contributed by atoms with Crippen LogP contribution in [0.5, 0.6) is 5.75 Å². The molecule has 0 unspecified atom stereocenters. The van der Waals surface area contributed by atoms with Crippen molar-refractivity contribution in [2.75, 3.05) is 11.9 Å². The first-order valence-corrected chi connectivity index (χ1v) is 8.57. The third kappa shape index (κ3) is 5.18. The molecule has 134 valence electrons. The molecule has 7 heteroatoms. The van der Waals surface area contributed by atoms with Crippen molar-refractivity contribution in [1.29, 1.82) is 0 Å². The van der Waals surface area contributed by atoms with Gasteiger partial charge < -0.3 is 10.1 Å². The van der Waals surface area contributed by atoms with Crippen LogP contribution in [0.3, 0.4) is 0 Å². The van der Waals surface area contributed by atoms with E-state index in [0.717, 1.165) is 0 Å². The summed E-state index contributed by atoms with van der Waals surface area (Å²) in [7, 11) is 0. The van der Waals surface area contributed by atoms with Gasteiger partial charge in [-0.1, -0.05) is 6.07 Å². The van der Waals surface area contributed by atoms with E-state index >= 15 is 0 Å². The second kappa shape index (κ2) is 8.30. The zero-order chi connectivity index (χ0) is 18.2. The minimum absolute atomic E-state index is 0.0731. The number of carbonyl (C=O) groups excluding carboxylic acids is 1. The predicted molar refractivity (Wildman–Crippen MR) is 97.7 cm³/mol. The van der Waals surface area contributed by atoms with Crippen LogP contribution in [0.2, 0.25) is 0 Å². The number of terminal acetylenes is 1. The molecule has 3 rings (SSSR count). The Morgan fingerprint density at radius 3 is 2.92 bits per heavy atom. The second-order valence-corrected chi connectivity index (χ2v) is 6.08. The van der Waals surface area contributed by atoms with Gasteiger partial charge in [0.05, 0.1) is 6.54 Å². The van der Waals surface area contributed by atoms with Gasteiger partial charge in [-0.25, -0.2) is 0 Å². The average molecular weight is 351 g/mol. The fourth-order valence-electron chi connectivity index (χ4n) is 2.56. The van der Waals surface area contributed by atoms with Crippen LogP contribution in [0.25, 0.3) is 0 Å². The van der Waals surface area contributed by atoms with Gasteiger partial charge in [-0.3, -0.25) is 9.48 Å². The zero-order valence-corrected chi connectivity index (χ0v) is 14.5. The highest BCUT2D eigenvalue weighted by Crippen LogP contribution is 2.37. The van der Waals surface area contributed by atoms with Crippen LogP contribution in [0, 0.1) is 12.3 Å².